The summed E-state index contributed by atoms with van der Waals surface area (Å²) in [6, 6.07) is 0.149. The molecule has 80 valence electrons. The number of rotatable bonds is 0. The Morgan fingerprint density at radius 2 is 1.64 bits per heavy atom. The quantitative estimate of drug-likeness (QED) is 0.393. The highest BCUT2D eigenvalue weighted by molar-refractivity contribution is 5.97. The number of amides is 1. The van der Waals surface area contributed by atoms with E-state index in [0.717, 1.165) is 45.8 Å². The van der Waals surface area contributed by atoms with Crippen molar-refractivity contribution >= 4 is 5.91 Å². The lowest BCUT2D eigenvalue weighted by atomic mass is 10.4. The van der Waals surface area contributed by atoms with Crippen molar-refractivity contribution in [3.05, 3.63) is 0 Å². The Morgan fingerprint density at radius 3 is 2.43 bits per heavy atom. The van der Waals surface area contributed by atoms with Crippen LogP contribution in [0.4, 0.5) is 0 Å². The zero-order chi connectivity index (χ0) is 9.80. The third-order valence-electron chi connectivity index (χ3n) is 2.70. The molecule has 1 unspecified atom stereocenters. The molecule has 2 aliphatic heterocycles. The maximum Gasteiger partial charge on any atom is 0.247 e. The zero-order valence-electron chi connectivity index (χ0n) is 8.38. The van der Waals surface area contributed by atoms with Gasteiger partial charge >= 0.3 is 0 Å². The van der Waals surface area contributed by atoms with Gasteiger partial charge in [-0.3, -0.25) is 4.79 Å². The van der Waals surface area contributed by atoms with Crippen molar-refractivity contribution in [2.45, 2.75) is 6.04 Å². The third kappa shape index (κ3) is 2.43. The van der Waals surface area contributed by atoms with Gasteiger partial charge in [0.05, 0.1) is 0 Å². The SMILES string of the molecule is O=C1C2CNCCNCCNCCN12. The van der Waals surface area contributed by atoms with Crippen molar-refractivity contribution in [1.82, 2.24) is 20.9 Å². The summed E-state index contributed by atoms with van der Waals surface area (Å²) in [5.41, 5.74) is 0. The maximum absolute atomic E-state index is 11.3. The van der Waals surface area contributed by atoms with Crippen molar-refractivity contribution in [1.29, 1.82) is 0 Å². The molecule has 3 N–H and O–H groups in total. The van der Waals surface area contributed by atoms with Gasteiger partial charge in [0.25, 0.3) is 0 Å². The molecular formula is C9H18N4O. The standard InChI is InChI=1S/C9H18N4O/c14-9-8-7-12-4-3-10-1-2-11-5-6-13(8)9/h8,10-12H,1-7H2. The highest BCUT2D eigenvalue weighted by Crippen LogP contribution is 2.17. The van der Waals surface area contributed by atoms with E-state index in [9.17, 15) is 4.79 Å². The highest BCUT2D eigenvalue weighted by atomic mass is 16.2. The second kappa shape index (κ2) is 4.72. The first-order chi connectivity index (χ1) is 6.89. The molecule has 2 saturated heterocycles. The van der Waals surface area contributed by atoms with Gasteiger partial charge in [0.15, 0.2) is 0 Å². The molecule has 0 radical (unpaired) electrons. The summed E-state index contributed by atoms with van der Waals surface area (Å²) in [6.45, 7) is 6.46. The molecule has 0 bridgehead atoms. The second-order valence-corrected chi connectivity index (χ2v) is 3.75. The summed E-state index contributed by atoms with van der Waals surface area (Å²) in [5.74, 6) is 0.298. The molecular weight excluding hydrogens is 180 g/mol. The molecule has 2 aliphatic rings. The fraction of sp³-hybridized carbons (Fsp3) is 0.889. The minimum Gasteiger partial charge on any atom is -0.326 e. The van der Waals surface area contributed by atoms with Gasteiger partial charge in [-0.1, -0.05) is 0 Å². The molecule has 0 aromatic heterocycles. The molecule has 1 amide bonds. The van der Waals surface area contributed by atoms with Crippen LogP contribution in [-0.4, -0.2) is 62.7 Å². The number of fused-ring (bicyclic) bond motifs is 1. The Morgan fingerprint density at radius 1 is 1.00 bits per heavy atom. The van der Waals surface area contributed by atoms with Crippen LogP contribution >= 0.6 is 0 Å². The summed E-state index contributed by atoms with van der Waals surface area (Å²) in [6.07, 6.45) is 0. The minimum atomic E-state index is 0.149. The van der Waals surface area contributed by atoms with Gasteiger partial charge in [0.1, 0.15) is 6.04 Å². The van der Waals surface area contributed by atoms with E-state index in [-0.39, 0.29) is 6.04 Å². The lowest BCUT2D eigenvalue weighted by molar-refractivity contribution is -0.113. The molecule has 2 rings (SSSR count). The fourth-order valence-electron chi connectivity index (χ4n) is 1.76. The molecule has 0 aromatic rings. The summed E-state index contributed by atoms with van der Waals surface area (Å²) < 4.78 is 0. The van der Waals surface area contributed by atoms with Crippen LogP contribution in [0.2, 0.25) is 0 Å². The van der Waals surface area contributed by atoms with Crippen LogP contribution in [0, 0.1) is 0 Å². The first-order valence-corrected chi connectivity index (χ1v) is 5.32. The van der Waals surface area contributed by atoms with E-state index in [4.69, 9.17) is 0 Å². The Balaban J connectivity index is 1.74. The number of nitrogens with zero attached hydrogens (tertiary/aromatic N) is 1. The normalized spacial score (nSPS) is 30.1. The highest BCUT2D eigenvalue weighted by Gasteiger charge is 2.44. The molecule has 5 nitrogen and oxygen atoms in total. The lowest BCUT2D eigenvalue weighted by Gasteiger charge is -2.10. The molecule has 2 fully saturated rings. The largest absolute Gasteiger partial charge is 0.326 e. The lowest BCUT2D eigenvalue weighted by Crippen LogP contribution is -2.36. The van der Waals surface area contributed by atoms with Crippen molar-refractivity contribution in [3.8, 4) is 0 Å². The van der Waals surface area contributed by atoms with E-state index in [1.165, 1.54) is 0 Å². The number of nitrogens with one attached hydrogen (secondary N) is 3. The average Bonchev–Trinajstić information content (AvgIpc) is 2.76. The van der Waals surface area contributed by atoms with E-state index in [1.807, 2.05) is 4.90 Å². The monoisotopic (exact) mass is 198 g/mol. The fourth-order valence-corrected chi connectivity index (χ4v) is 1.76. The van der Waals surface area contributed by atoms with E-state index < -0.39 is 0 Å². The van der Waals surface area contributed by atoms with E-state index in [0.29, 0.717) is 5.91 Å². The van der Waals surface area contributed by atoms with Crippen LogP contribution in [0.15, 0.2) is 0 Å². The number of carbonyl (C=O) groups excluding carboxylic acids is 1. The molecule has 0 aromatic carbocycles. The topological polar surface area (TPSA) is 56.2 Å². The minimum absolute atomic E-state index is 0.149. The van der Waals surface area contributed by atoms with E-state index in [1.54, 1.807) is 0 Å². The van der Waals surface area contributed by atoms with E-state index in [2.05, 4.69) is 16.0 Å². The summed E-state index contributed by atoms with van der Waals surface area (Å²) in [7, 11) is 0. The Hall–Kier alpha value is -0.650. The summed E-state index contributed by atoms with van der Waals surface area (Å²) >= 11 is 0. The van der Waals surface area contributed by atoms with Crippen molar-refractivity contribution in [2.75, 3.05) is 45.8 Å². The molecule has 0 aliphatic carbocycles. The Kier molecular flexibility index (Phi) is 3.34. The van der Waals surface area contributed by atoms with Gasteiger partial charge in [-0.25, -0.2) is 0 Å². The van der Waals surface area contributed by atoms with Crippen molar-refractivity contribution < 1.29 is 4.79 Å². The maximum atomic E-state index is 11.3. The molecule has 0 saturated carbocycles. The van der Waals surface area contributed by atoms with E-state index >= 15 is 0 Å². The van der Waals surface area contributed by atoms with Gasteiger partial charge in [-0.2, -0.15) is 0 Å². The predicted molar refractivity (Wildman–Crippen MR) is 54.1 cm³/mol. The Labute approximate surface area is 84.2 Å². The average molecular weight is 198 g/mol. The third-order valence-corrected chi connectivity index (χ3v) is 2.70. The summed E-state index contributed by atoms with van der Waals surface area (Å²) in [5, 5.41) is 9.90. The smallest absolute Gasteiger partial charge is 0.247 e. The van der Waals surface area contributed by atoms with Crippen LogP contribution in [0.1, 0.15) is 0 Å². The molecule has 14 heavy (non-hydrogen) atoms. The van der Waals surface area contributed by atoms with Crippen LogP contribution in [0.25, 0.3) is 0 Å². The van der Waals surface area contributed by atoms with Gasteiger partial charge in [-0.05, 0) is 0 Å². The molecule has 5 heteroatoms. The summed E-state index contributed by atoms with van der Waals surface area (Å²) in [4.78, 5) is 13.2. The molecule has 0 spiro atoms. The molecule has 1 atom stereocenters. The Bertz CT molecular complexity index is 189. The predicted octanol–water partition coefficient (Wildman–Crippen LogP) is -2.02. The number of hydrogen-bond acceptors (Lipinski definition) is 4. The van der Waals surface area contributed by atoms with Crippen LogP contribution in [0.5, 0.6) is 0 Å². The van der Waals surface area contributed by atoms with Crippen LogP contribution in [-0.2, 0) is 4.79 Å². The number of carbonyl (C=O) groups is 1. The van der Waals surface area contributed by atoms with Gasteiger partial charge in [0, 0.05) is 45.8 Å². The van der Waals surface area contributed by atoms with Crippen LogP contribution < -0.4 is 16.0 Å². The van der Waals surface area contributed by atoms with Gasteiger partial charge < -0.3 is 20.9 Å². The second-order valence-electron chi connectivity index (χ2n) is 3.75. The van der Waals surface area contributed by atoms with Gasteiger partial charge in [-0.15, -0.1) is 0 Å². The first-order valence-electron chi connectivity index (χ1n) is 5.32. The van der Waals surface area contributed by atoms with Crippen molar-refractivity contribution in [2.24, 2.45) is 0 Å². The van der Waals surface area contributed by atoms with Crippen LogP contribution in [0.3, 0.4) is 0 Å². The number of hydrogen-bond donors (Lipinski definition) is 3. The zero-order valence-corrected chi connectivity index (χ0v) is 8.38. The molecule has 2 heterocycles. The first kappa shape index (κ1) is 9.89. The van der Waals surface area contributed by atoms with Crippen molar-refractivity contribution in [3.63, 3.8) is 0 Å². The van der Waals surface area contributed by atoms with Gasteiger partial charge in [0.2, 0.25) is 5.91 Å².